The van der Waals surface area contributed by atoms with Gasteiger partial charge < -0.3 is 20.3 Å². The van der Waals surface area contributed by atoms with Gasteiger partial charge in [0, 0.05) is 24.2 Å². The van der Waals surface area contributed by atoms with Crippen LogP contribution in [0.1, 0.15) is 12.8 Å². The maximum absolute atomic E-state index is 6.05. The maximum Gasteiger partial charge on any atom is 0.142 e. The van der Waals surface area contributed by atoms with E-state index in [1.54, 1.807) is 0 Å². The van der Waals surface area contributed by atoms with Crippen molar-refractivity contribution in [1.29, 1.82) is 0 Å². The smallest absolute Gasteiger partial charge is 0.142 e. The highest BCUT2D eigenvalue weighted by Crippen LogP contribution is 2.32. The van der Waals surface area contributed by atoms with E-state index in [0.717, 1.165) is 28.9 Å². The molecular formula is C16H22ClN3O. The number of hydrogen-bond acceptors (Lipinski definition) is 4. The molecule has 0 radical (unpaired) electrons. The number of rotatable bonds is 3. The molecule has 0 aliphatic carbocycles. The van der Waals surface area contributed by atoms with E-state index < -0.39 is 0 Å². The summed E-state index contributed by atoms with van der Waals surface area (Å²) in [6.07, 6.45) is 2.70. The fourth-order valence-electron chi connectivity index (χ4n) is 3.79. The first-order chi connectivity index (χ1) is 10.3. The van der Waals surface area contributed by atoms with E-state index in [1.807, 2.05) is 18.2 Å². The number of piperidine rings is 3. The zero-order valence-electron chi connectivity index (χ0n) is 12.1. The van der Waals surface area contributed by atoms with Crippen LogP contribution < -0.4 is 15.4 Å². The molecule has 4 nitrogen and oxygen atoms in total. The van der Waals surface area contributed by atoms with Gasteiger partial charge in [-0.1, -0.05) is 11.6 Å². The van der Waals surface area contributed by atoms with E-state index in [0.29, 0.717) is 18.7 Å². The maximum atomic E-state index is 6.05. The summed E-state index contributed by atoms with van der Waals surface area (Å²) >= 11 is 6.05. The minimum absolute atomic E-state index is 0.311. The molecule has 0 saturated carbocycles. The van der Waals surface area contributed by atoms with Crippen molar-refractivity contribution in [3.63, 3.8) is 0 Å². The number of nitrogens with zero attached hydrogens (tertiary/aromatic N) is 1. The first kappa shape index (κ1) is 13.7. The van der Waals surface area contributed by atoms with Crippen LogP contribution in [0.5, 0.6) is 5.75 Å². The van der Waals surface area contributed by atoms with Crippen molar-refractivity contribution in [3.8, 4) is 5.75 Å². The normalized spacial score (nSPS) is 34.0. The lowest BCUT2D eigenvalue weighted by atomic mass is 9.84. The summed E-state index contributed by atoms with van der Waals surface area (Å²) in [5.41, 5.74) is 1.01. The first-order valence-electron chi connectivity index (χ1n) is 7.92. The fourth-order valence-corrected chi connectivity index (χ4v) is 3.96. The second kappa shape index (κ2) is 5.67. The summed E-state index contributed by atoms with van der Waals surface area (Å²) in [6.45, 7) is 5.45. The van der Waals surface area contributed by atoms with Crippen molar-refractivity contribution in [2.45, 2.75) is 24.9 Å². The molecule has 2 bridgehead atoms. The summed E-state index contributed by atoms with van der Waals surface area (Å²) in [5.74, 6) is 1.76. The van der Waals surface area contributed by atoms with Gasteiger partial charge in [-0.2, -0.15) is 0 Å². The standard InChI is InChI=1S/C16H22ClN3O/c17-12-1-2-16-14(7-12)19-13(10-21-16)8-18-15-9-20-5-3-11(15)4-6-20/h1-2,7,11,13,15,18-19H,3-6,8-10H2. The van der Waals surface area contributed by atoms with Gasteiger partial charge in [0.15, 0.2) is 0 Å². The summed E-state index contributed by atoms with van der Waals surface area (Å²) in [7, 11) is 0. The van der Waals surface area contributed by atoms with E-state index in [1.165, 1.54) is 32.5 Å². The van der Waals surface area contributed by atoms with Crippen molar-refractivity contribution < 1.29 is 4.74 Å². The minimum Gasteiger partial charge on any atom is -0.489 e. The number of fused-ring (bicyclic) bond motifs is 4. The number of anilines is 1. The number of nitrogens with one attached hydrogen (secondary N) is 2. The summed E-state index contributed by atoms with van der Waals surface area (Å²) in [5, 5.41) is 8.03. The molecule has 5 heteroatoms. The predicted molar refractivity (Wildman–Crippen MR) is 85.3 cm³/mol. The van der Waals surface area contributed by atoms with Crippen molar-refractivity contribution in [1.82, 2.24) is 10.2 Å². The number of hydrogen-bond donors (Lipinski definition) is 2. The average molecular weight is 308 g/mol. The molecule has 4 heterocycles. The van der Waals surface area contributed by atoms with Crippen LogP contribution in [-0.4, -0.2) is 49.8 Å². The lowest BCUT2D eigenvalue weighted by Crippen LogP contribution is -2.57. The van der Waals surface area contributed by atoms with Gasteiger partial charge >= 0.3 is 0 Å². The molecule has 2 N–H and O–H groups in total. The molecule has 2 unspecified atom stereocenters. The van der Waals surface area contributed by atoms with Crippen LogP contribution in [0.3, 0.4) is 0 Å². The Kier molecular flexibility index (Phi) is 3.69. The summed E-state index contributed by atoms with van der Waals surface area (Å²) in [4.78, 5) is 2.58. The van der Waals surface area contributed by atoms with Gasteiger partial charge in [-0.15, -0.1) is 0 Å². The molecule has 5 rings (SSSR count). The zero-order chi connectivity index (χ0) is 14.2. The zero-order valence-corrected chi connectivity index (χ0v) is 12.9. The Morgan fingerprint density at radius 1 is 1.33 bits per heavy atom. The summed E-state index contributed by atoms with van der Waals surface area (Å²) in [6, 6.07) is 6.70. The van der Waals surface area contributed by atoms with Crippen molar-refractivity contribution in [2.75, 3.05) is 38.1 Å². The molecule has 0 aromatic heterocycles. The van der Waals surface area contributed by atoms with Gasteiger partial charge in [0.25, 0.3) is 0 Å². The molecule has 0 amide bonds. The molecule has 21 heavy (non-hydrogen) atoms. The van der Waals surface area contributed by atoms with Crippen molar-refractivity contribution in [3.05, 3.63) is 23.2 Å². The van der Waals surface area contributed by atoms with Gasteiger partial charge in [-0.25, -0.2) is 0 Å². The molecule has 4 aliphatic heterocycles. The highest BCUT2D eigenvalue weighted by Gasteiger charge is 2.34. The second-order valence-corrected chi connectivity index (χ2v) is 6.88. The van der Waals surface area contributed by atoms with Gasteiger partial charge in [0.2, 0.25) is 0 Å². The van der Waals surface area contributed by atoms with Crippen molar-refractivity contribution in [2.24, 2.45) is 5.92 Å². The molecule has 3 saturated heterocycles. The highest BCUT2D eigenvalue weighted by atomic mass is 35.5. The lowest BCUT2D eigenvalue weighted by molar-refractivity contribution is 0.0715. The second-order valence-electron chi connectivity index (χ2n) is 6.45. The van der Waals surface area contributed by atoms with Crippen molar-refractivity contribution >= 4 is 17.3 Å². The third-order valence-electron chi connectivity index (χ3n) is 5.02. The third kappa shape index (κ3) is 2.85. The van der Waals surface area contributed by atoms with E-state index >= 15 is 0 Å². The van der Waals surface area contributed by atoms with E-state index in [4.69, 9.17) is 16.3 Å². The van der Waals surface area contributed by atoms with Gasteiger partial charge in [0.05, 0.1) is 11.7 Å². The predicted octanol–water partition coefficient (Wildman–Crippen LogP) is 2.20. The number of halogens is 1. The van der Waals surface area contributed by atoms with Crippen LogP contribution in [0.4, 0.5) is 5.69 Å². The molecule has 1 aromatic rings. The van der Waals surface area contributed by atoms with Gasteiger partial charge in [-0.3, -0.25) is 0 Å². The Morgan fingerprint density at radius 3 is 2.95 bits per heavy atom. The molecule has 3 fully saturated rings. The molecule has 2 atom stereocenters. The number of benzene rings is 1. The Bertz CT molecular complexity index is 516. The summed E-state index contributed by atoms with van der Waals surface area (Å²) < 4.78 is 5.82. The minimum atomic E-state index is 0.311. The van der Waals surface area contributed by atoms with E-state index in [-0.39, 0.29) is 0 Å². The monoisotopic (exact) mass is 307 g/mol. The van der Waals surface area contributed by atoms with E-state index in [9.17, 15) is 0 Å². The first-order valence-corrected chi connectivity index (χ1v) is 8.30. The average Bonchev–Trinajstić information content (AvgIpc) is 2.53. The SMILES string of the molecule is Clc1ccc2c(c1)NC(CNC1CN3CCC1CC3)CO2. The molecular weight excluding hydrogens is 286 g/mol. The molecule has 4 aliphatic rings. The van der Waals surface area contributed by atoms with Crippen LogP contribution in [-0.2, 0) is 0 Å². The third-order valence-corrected chi connectivity index (χ3v) is 5.26. The van der Waals surface area contributed by atoms with Gasteiger partial charge in [-0.05, 0) is 50.0 Å². The fraction of sp³-hybridized carbons (Fsp3) is 0.625. The van der Waals surface area contributed by atoms with E-state index in [2.05, 4.69) is 15.5 Å². The molecule has 0 spiro atoms. The molecule has 1 aromatic carbocycles. The Hall–Kier alpha value is -0.970. The topological polar surface area (TPSA) is 36.5 Å². The molecule has 114 valence electrons. The van der Waals surface area contributed by atoms with Gasteiger partial charge in [0.1, 0.15) is 12.4 Å². The van der Waals surface area contributed by atoms with Crippen LogP contribution in [0.2, 0.25) is 5.02 Å². The highest BCUT2D eigenvalue weighted by molar-refractivity contribution is 6.30. The Balaban J connectivity index is 1.34. The van der Waals surface area contributed by atoms with Crippen LogP contribution in [0.15, 0.2) is 18.2 Å². The Labute approximate surface area is 130 Å². The van der Waals surface area contributed by atoms with Crippen LogP contribution >= 0.6 is 11.6 Å². The Morgan fingerprint density at radius 2 is 2.19 bits per heavy atom. The van der Waals surface area contributed by atoms with Crippen LogP contribution in [0.25, 0.3) is 0 Å². The quantitative estimate of drug-likeness (QED) is 0.897. The van der Waals surface area contributed by atoms with Crippen LogP contribution in [0, 0.1) is 5.92 Å². The lowest BCUT2D eigenvalue weighted by Gasteiger charge is -2.45. The largest absolute Gasteiger partial charge is 0.489 e. The number of ether oxygens (including phenoxy) is 1.